The van der Waals surface area contributed by atoms with Gasteiger partial charge in [0.15, 0.2) is 0 Å². The van der Waals surface area contributed by atoms with Gasteiger partial charge in [0.2, 0.25) is 0 Å². The van der Waals surface area contributed by atoms with Crippen molar-refractivity contribution in [2.75, 3.05) is 10.6 Å². The summed E-state index contributed by atoms with van der Waals surface area (Å²) in [5, 5.41) is 6.20. The van der Waals surface area contributed by atoms with Crippen LogP contribution >= 0.6 is 0 Å². The van der Waals surface area contributed by atoms with Gasteiger partial charge in [0, 0.05) is 17.4 Å². The molecule has 0 aliphatic heterocycles. The number of primary amides is 1. The number of carbonyl (C=O) groups excluding carboxylic acids is 1. The van der Waals surface area contributed by atoms with Gasteiger partial charge in [0.05, 0.1) is 0 Å². The number of urea groups is 1. The van der Waals surface area contributed by atoms with Gasteiger partial charge in [0.25, 0.3) is 0 Å². The molecule has 1 aromatic rings. The van der Waals surface area contributed by atoms with Gasteiger partial charge in [-0.1, -0.05) is 32.3 Å². The van der Waals surface area contributed by atoms with Crippen molar-refractivity contribution >= 4 is 17.4 Å². The van der Waals surface area contributed by atoms with E-state index in [9.17, 15) is 4.79 Å². The van der Waals surface area contributed by atoms with Crippen molar-refractivity contribution in [3.63, 3.8) is 0 Å². The van der Waals surface area contributed by atoms with Crippen molar-refractivity contribution in [1.82, 2.24) is 0 Å². The SMILES string of the molecule is CCC1CCCC(Nc2cccc(NC(N)=O)c2)CC1. The third-order valence-electron chi connectivity index (χ3n) is 4.17. The number of nitrogens with one attached hydrogen (secondary N) is 2. The van der Waals surface area contributed by atoms with Crippen LogP contribution in [-0.4, -0.2) is 12.1 Å². The zero-order valence-corrected chi connectivity index (χ0v) is 12.2. The molecule has 4 nitrogen and oxygen atoms in total. The predicted molar refractivity (Wildman–Crippen MR) is 83.9 cm³/mol. The van der Waals surface area contributed by atoms with Gasteiger partial charge in [-0.25, -0.2) is 4.79 Å². The van der Waals surface area contributed by atoms with E-state index in [4.69, 9.17) is 5.73 Å². The molecule has 1 aliphatic carbocycles. The van der Waals surface area contributed by atoms with Gasteiger partial charge >= 0.3 is 6.03 Å². The summed E-state index contributed by atoms with van der Waals surface area (Å²) in [6, 6.07) is 7.76. The number of amides is 2. The Morgan fingerprint density at radius 3 is 2.80 bits per heavy atom. The summed E-state index contributed by atoms with van der Waals surface area (Å²) < 4.78 is 0. The van der Waals surface area contributed by atoms with Crippen LogP contribution in [-0.2, 0) is 0 Å². The minimum absolute atomic E-state index is 0.526. The van der Waals surface area contributed by atoms with E-state index in [1.165, 1.54) is 38.5 Å². The number of rotatable bonds is 4. The van der Waals surface area contributed by atoms with E-state index in [1.54, 1.807) is 0 Å². The molecule has 2 rings (SSSR count). The van der Waals surface area contributed by atoms with Gasteiger partial charge in [0.1, 0.15) is 0 Å². The first kappa shape index (κ1) is 14.7. The highest BCUT2D eigenvalue weighted by molar-refractivity contribution is 5.88. The molecule has 0 aromatic heterocycles. The Morgan fingerprint density at radius 2 is 2.05 bits per heavy atom. The number of carbonyl (C=O) groups is 1. The number of hydrogen-bond acceptors (Lipinski definition) is 2. The molecule has 0 spiro atoms. The molecule has 1 aliphatic rings. The highest BCUT2D eigenvalue weighted by atomic mass is 16.2. The van der Waals surface area contributed by atoms with E-state index in [0.717, 1.165) is 17.3 Å². The third-order valence-corrected chi connectivity index (χ3v) is 4.17. The number of nitrogens with two attached hydrogens (primary N) is 1. The second-order valence-electron chi connectivity index (χ2n) is 5.69. The first-order valence-corrected chi connectivity index (χ1v) is 7.60. The summed E-state index contributed by atoms with van der Waals surface area (Å²) in [5.41, 5.74) is 6.93. The third kappa shape index (κ3) is 4.44. The lowest BCUT2D eigenvalue weighted by Gasteiger charge is -2.18. The fraction of sp³-hybridized carbons (Fsp3) is 0.562. The van der Waals surface area contributed by atoms with Crippen molar-refractivity contribution in [2.24, 2.45) is 11.7 Å². The van der Waals surface area contributed by atoms with E-state index in [1.807, 2.05) is 24.3 Å². The molecule has 110 valence electrons. The largest absolute Gasteiger partial charge is 0.382 e. The summed E-state index contributed by atoms with van der Waals surface area (Å²) in [6.07, 6.45) is 7.72. The second kappa shape index (κ2) is 7.17. The molecule has 0 saturated heterocycles. The Bertz CT molecular complexity index is 447. The summed E-state index contributed by atoms with van der Waals surface area (Å²) in [6.45, 7) is 2.29. The van der Waals surface area contributed by atoms with Crippen LogP contribution < -0.4 is 16.4 Å². The molecule has 0 heterocycles. The molecule has 1 aromatic carbocycles. The van der Waals surface area contributed by atoms with Gasteiger partial charge in [-0.15, -0.1) is 0 Å². The van der Waals surface area contributed by atoms with Crippen molar-refractivity contribution < 1.29 is 4.79 Å². The molecule has 2 atom stereocenters. The molecule has 2 unspecified atom stereocenters. The average molecular weight is 275 g/mol. The molecular formula is C16H25N3O. The Balaban J connectivity index is 1.93. The van der Waals surface area contributed by atoms with Crippen LogP contribution in [0.1, 0.15) is 45.4 Å². The Hall–Kier alpha value is -1.71. The Labute approximate surface area is 121 Å². The standard InChI is InChI=1S/C16H25N3O/c1-2-12-5-3-6-13(10-9-12)18-14-7-4-8-15(11-14)19-16(17)20/h4,7-8,11-13,18H,2-3,5-6,9-10H2,1H3,(H3,17,19,20). The lowest BCUT2D eigenvalue weighted by Crippen LogP contribution is -2.20. The van der Waals surface area contributed by atoms with E-state index in [0.29, 0.717) is 6.04 Å². The summed E-state index contributed by atoms with van der Waals surface area (Å²) in [7, 11) is 0. The van der Waals surface area contributed by atoms with Crippen LogP contribution in [0.4, 0.5) is 16.2 Å². The van der Waals surface area contributed by atoms with E-state index in [2.05, 4.69) is 17.6 Å². The van der Waals surface area contributed by atoms with Gasteiger partial charge in [-0.05, 0) is 43.4 Å². The van der Waals surface area contributed by atoms with Crippen LogP contribution in [0.3, 0.4) is 0 Å². The Morgan fingerprint density at radius 1 is 1.25 bits per heavy atom. The summed E-state index contributed by atoms with van der Waals surface area (Å²) in [5.74, 6) is 0.893. The first-order valence-electron chi connectivity index (χ1n) is 7.60. The molecule has 1 saturated carbocycles. The first-order chi connectivity index (χ1) is 9.67. The second-order valence-corrected chi connectivity index (χ2v) is 5.69. The van der Waals surface area contributed by atoms with Crippen molar-refractivity contribution in [3.8, 4) is 0 Å². The molecule has 4 heteroatoms. The maximum Gasteiger partial charge on any atom is 0.316 e. The van der Waals surface area contributed by atoms with Crippen LogP contribution in [0.5, 0.6) is 0 Å². The fourth-order valence-electron chi connectivity index (χ4n) is 3.00. The van der Waals surface area contributed by atoms with Gasteiger partial charge < -0.3 is 16.4 Å². The molecule has 20 heavy (non-hydrogen) atoms. The van der Waals surface area contributed by atoms with Crippen molar-refractivity contribution in [3.05, 3.63) is 24.3 Å². The number of hydrogen-bond donors (Lipinski definition) is 3. The minimum atomic E-state index is -0.526. The van der Waals surface area contributed by atoms with Crippen LogP contribution in [0.25, 0.3) is 0 Å². The Kier molecular flexibility index (Phi) is 5.27. The smallest absolute Gasteiger partial charge is 0.316 e. The lowest BCUT2D eigenvalue weighted by molar-refractivity contribution is 0.259. The predicted octanol–water partition coefficient (Wildman–Crippen LogP) is 3.95. The van der Waals surface area contributed by atoms with Gasteiger partial charge in [-0.3, -0.25) is 0 Å². The highest BCUT2D eigenvalue weighted by Crippen LogP contribution is 2.27. The van der Waals surface area contributed by atoms with Crippen LogP contribution in [0, 0.1) is 5.92 Å². The zero-order chi connectivity index (χ0) is 14.4. The van der Waals surface area contributed by atoms with E-state index >= 15 is 0 Å². The number of benzene rings is 1. The quantitative estimate of drug-likeness (QED) is 0.728. The number of anilines is 2. The maximum absolute atomic E-state index is 10.9. The fourth-order valence-corrected chi connectivity index (χ4v) is 3.00. The normalized spacial score (nSPS) is 22.9. The molecule has 0 radical (unpaired) electrons. The van der Waals surface area contributed by atoms with E-state index in [-0.39, 0.29) is 0 Å². The zero-order valence-electron chi connectivity index (χ0n) is 12.2. The molecule has 2 amide bonds. The highest BCUT2D eigenvalue weighted by Gasteiger charge is 2.17. The monoisotopic (exact) mass is 275 g/mol. The van der Waals surface area contributed by atoms with Crippen LogP contribution in [0.2, 0.25) is 0 Å². The molecular weight excluding hydrogens is 250 g/mol. The lowest BCUT2D eigenvalue weighted by atomic mass is 9.98. The molecule has 4 N–H and O–H groups in total. The molecule has 1 fully saturated rings. The summed E-state index contributed by atoms with van der Waals surface area (Å²) >= 11 is 0. The topological polar surface area (TPSA) is 67.2 Å². The minimum Gasteiger partial charge on any atom is -0.382 e. The van der Waals surface area contributed by atoms with Crippen molar-refractivity contribution in [1.29, 1.82) is 0 Å². The summed E-state index contributed by atoms with van der Waals surface area (Å²) in [4.78, 5) is 10.9. The molecule has 0 bridgehead atoms. The van der Waals surface area contributed by atoms with Gasteiger partial charge in [-0.2, -0.15) is 0 Å². The van der Waals surface area contributed by atoms with Crippen LogP contribution in [0.15, 0.2) is 24.3 Å². The van der Waals surface area contributed by atoms with Crippen molar-refractivity contribution in [2.45, 2.75) is 51.5 Å². The average Bonchev–Trinajstić information content (AvgIpc) is 2.63. The van der Waals surface area contributed by atoms with E-state index < -0.39 is 6.03 Å². The maximum atomic E-state index is 10.9.